The summed E-state index contributed by atoms with van der Waals surface area (Å²) in [4.78, 5) is 18.8. The number of H-pyrrole nitrogens is 1. The molecule has 0 atom stereocenters. The third-order valence-corrected chi connectivity index (χ3v) is 2.38. The summed E-state index contributed by atoms with van der Waals surface area (Å²) in [6.07, 6.45) is 0. The van der Waals surface area contributed by atoms with Gasteiger partial charge in [-0.3, -0.25) is 9.78 Å². The van der Waals surface area contributed by atoms with Gasteiger partial charge in [0.25, 0.3) is 5.56 Å². The second kappa shape index (κ2) is 2.60. The van der Waals surface area contributed by atoms with Crippen molar-refractivity contribution in [3.63, 3.8) is 0 Å². The van der Waals surface area contributed by atoms with Gasteiger partial charge in [-0.1, -0.05) is 0 Å². The maximum absolute atomic E-state index is 11.3. The molecule has 2 aromatic rings. The predicted molar refractivity (Wildman–Crippen MR) is 49.8 cm³/mol. The lowest BCUT2D eigenvalue weighted by Crippen LogP contribution is -2.09. The van der Waals surface area contributed by atoms with Crippen molar-refractivity contribution in [1.29, 1.82) is 0 Å². The van der Waals surface area contributed by atoms with E-state index in [0.29, 0.717) is 11.3 Å². The molecule has 0 amide bonds. The van der Waals surface area contributed by atoms with Crippen LogP contribution < -0.4 is 10.9 Å². The molecule has 0 saturated carbocycles. The molecule has 0 radical (unpaired) electrons. The molecule has 0 spiro atoms. The second-order valence-corrected chi connectivity index (χ2v) is 3.20. The number of aromatic nitrogens is 2. The zero-order valence-corrected chi connectivity index (χ0v) is 7.23. The Labute approximate surface area is 72.3 Å². The van der Waals surface area contributed by atoms with E-state index < -0.39 is 0 Å². The molecule has 0 bridgehead atoms. The average molecular weight is 181 g/mol. The van der Waals surface area contributed by atoms with E-state index in [0.717, 1.165) is 4.83 Å². The summed E-state index contributed by atoms with van der Waals surface area (Å²) >= 11 is 1.46. The van der Waals surface area contributed by atoms with Crippen LogP contribution in [-0.2, 0) is 0 Å². The van der Waals surface area contributed by atoms with Gasteiger partial charge in [0.15, 0.2) is 0 Å². The van der Waals surface area contributed by atoms with Gasteiger partial charge in [-0.05, 0) is 11.4 Å². The molecule has 0 unspecified atom stereocenters. The van der Waals surface area contributed by atoms with Crippen molar-refractivity contribution >= 4 is 27.5 Å². The van der Waals surface area contributed by atoms with E-state index in [1.165, 1.54) is 11.3 Å². The van der Waals surface area contributed by atoms with Crippen LogP contribution in [0.25, 0.3) is 10.2 Å². The molecule has 2 N–H and O–H groups in total. The van der Waals surface area contributed by atoms with Crippen LogP contribution in [0.15, 0.2) is 16.2 Å². The normalized spacial score (nSPS) is 10.4. The van der Waals surface area contributed by atoms with Crippen LogP contribution in [-0.4, -0.2) is 17.0 Å². The van der Waals surface area contributed by atoms with E-state index in [4.69, 9.17) is 0 Å². The zero-order chi connectivity index (χ0) is 8.55. The first-order chi connectivity index (χ1) is 5.81. The minimum Gasteiger partial charge on any atom is -0.359 e. The van der Waals surface area contributed by atoms with Crippen LogP contribution in [0.4, 0.5) is 5.95 Å². The van der Waals surface area contributed by atoms with Gasteiger partial charge in [0, 0.05) is 7.05 Å². The fourth-order valence-corrected chi connectivity index (χ4v) is 1.75. The van der Waals surface area contributed by atoms with E-state index in [-0.39, 0.29) is 5.56 Å². The van der Waals surface area contributed by atoms with Crippen LogP contribution in [0.5, 0.6) is 0 Å². The molecule has 0 aliphatic rings. The van der Waals surface area contributed by atoms with Crippen molar-refractivity contribution < 1.29 is 0 Å². The van der Waals surface area contributed by atoms with Gasteiger partial charge in [0.1, 0.15) is 4.83 Å². The van der Waals surface area contributed by atoms with Crippen LogP contribution in [0.2, 0.25) is 0 Å². The largest absolute Gasteiger partial charge is 0.359 e. The number of hydrogen-bond donors (Lipinski definition) is 2. The quantitative estimate of drug-likeness (QED) is 0.690. The Kier molecular flexibility index (Phi) is 1.58. The smallest absolute Gasteiger partial charge is 0.261 e. The molecule has 0 fully saturated rings. The number of thiophene rings is 1. The molecule has 0 aromatic carbocycles. The second-order valence-electron chi connectivity index (χ2n) is 2.30. The Balaban J connectivity index is 2.84. The molecule has 4 nitrogen and oxygen atoms in total. The van der Waals surface area contributed by atoms with Gasteiger partial charge >= 0.3 is 0 Å². The van der Waals surface area contributed by atoms with Gasteiger partial charge in [-0.15, -0.1) is 11.3 Å². The van der Waals surface area contributed by atoms with Gasteiger partial charge in [0.2, 0.25) is 5.95 Å². The average Bonchev–Trinajstić information content (AvgIpc) is 2.52. The number of nitrogens with one attached hydrogen (secondary N) is 2. The third-order valence-electron chi connectivity index (χ3n) is 1.57. The highest BCUT2D eigenvalue weighted by Crippen LogP contribution is 2.14. The molecule has 0 aliphatic carbocycles. The van der Waals surface area contributed by atoms with Crippen LogP contribution >= 0.6 is 11.3 Å². The first-order valence-electron chi connectivity index (χ1n) is 3.46. The maximum atomic E-state index is 11.3. The lowest BCUT2D eigenvalue weighted by molar-refractivity contribution is 1.16. The van der Waals surface area contributed by atoms with Crippen molar-refractivity contribution in [1.82, 2.24) is 9.97 Å². The molecule has 0 saturated heterocycles. The number of rotatable bonds is 1. The van der Waals surface area contributed by atoms with Crippen molar-refractivity contribution in [2.24, 2.45) is 0 Å². The predicted octanol–water partition coefficient (Wildman–Crippen LogP) is 1.03. The zero-order valence-electron chi connectivity index (χ0n) is 6.42. The Bertz CT molecular complexity index is 459. The van der Waals surface area contributed by atoms with Crippen molar-refractivity contribution in [3.8, 4) is 0 Å². The molecule has 2 aromatic heterocycles. The minimum atomic E-state index is -0.0920. The van der Waals surface area contributed by atoms with Gasteiger partial charge in [-0.2, -0.15) is 0 Å². The molecular formula is C7H7N3OS. The Morgan fingerprint density at radius 1 is 1.67 bits per heavy atom. The summed E-state index contributed by atoms with van der Waals surface area (Å²) in [5.74, 6) is 0.509. The van der Waals surface area contributed by atoms with Crippen LogP contribution in [0.1, 0.15) is 0 Å². The monoisotopic (exact) mass is 181 g/mol. The third kappa shape index (κ3) is 0.984. The molecule has 12 heavy (non-hydrogen) atoms. The van der Waals surface area contributed by atoms with Crippen molar-refractivity contribution in [2.75, 3.05) is 12.4 Å². The minimum absolute atomic E-state index is 0.0920. The van der Waals surface area contributed by atoms with E-state index in [1.807, 2.05) is 5.38 Å². The Morgan fingerprint density at radius 3 is 3.25 bits per heavy atom. The number of aromatic amines is 1. The number of fused-ring (bicyclic) bond motifs is 1. The first-order valence-corrected chi connectivity index (χ1v) is 4.34. The highest BCUT2D eigenvalue weighted by molar-refractivity contribution is 7.16. The van der Waals surface area contributed by atoms with E-state index in [1.54, 1.807) is 13.1 Å². The topological polar surface area (TPSA) is 57.8 Å². The molecule has 2 rings (SSSR count). The Morgan fingerprint density at radius 2 is 2.50 bits per heavy atom. The molecule has 2 heterocycles. The van der Waals surface area contributed by atoms with Crippen LogP contribution in [0.3, 0.4) is 0 Å². The highest BCUT2D eigenvalue weighted by atomic mass is 32.1. The molecule has 62 valence electrons. The first kappa shape index (κ1) is 7.30. The summed E-state index contributed by atoms with van der Waals surface area (Å²) < 4.78 is 0. The number of anilines is 1. The van der Waals surface area contributed by atoms with Gasteiger partial charge < -0.3 is 5.32 Å². The number of hydrogen-bond acceptors (Lipinski definition) is 4. The summed E-state index contributed by atoms with van der Waals surface area (Å²) in [5, 5.41) is 5.30. The summed E-state index contributed by atoms with van der Waals surface area (Å²) in [6, 6.07) is 1.77. The van der Waals surface area contributed by atoms with Gasteiger partial charge in [0.05, 0.1) is 5.39 Å². The van der Waals surface area contributed by atoms with Crippen molar-refractivity contribution in [2.45, 2.75) is 0 Å². The summed E-state index contributed by atoms with van der Waals surface area (Å²) in [5.41, 5.74) is -0.0920. The molecule has 5 heteroatoms. The molecule has 0 aliphatic heterocycles. The number of nitrogens with zero attached hydrogens (tertiary/aromatic N) is 1. The fraction of sp³-hybridized carbons (Fsp3) is 0.143. The lowest BCUT2D eigenvalue weighted by atomic mass is 10.4. The lowest BCUT2D eigenvalue weighted by Gasteiger charge is -1.96. The van der Waals surface area contributed by atoms with Crippen LogP contribution in [0, 0.1) is 0 Å². The van der Waals surface area contributed by atoms with E-state index in [9.17, 15) is 4.79 Å². The van der Waals surface area contributed by atoms with Gasteiger partial charge in [-0.25, -0.2) is 4.98 Å². The highest BCUT2D eigenvalue weighted by Gasteiger charge is 2.02. The molecular weight excluding hydrogens is 174 g/mol. The van der Waals surface area contributed by atoms with E-state index >= 15 is 0 Å². The van der Waals surface area contributed by atoms with E-state index in [2.05, 4.69) is 15.3 Å². The summed E-state index contributed by atoms with van der Waals surface area (Å²) in [7, 11) is 1.72. The SMILES string of the molecule is CNc1nc2sccc2c(=O)[nH]1. The summed E-state index contributed by atoms with van der Waals surface area (Å²) in [6.45, 7) is 0. The van der Waals surface area contributed by atoms with Crippen molar-refractivity contribution in [3.05, 3.63) is 21.8 Å². The standard InChI is InChI=1S/C7H7N3OS/c1-8-7-9-5(11)4-2-3-12-6(4)10-7/h2-3H,1H3,(H2,8,9,10,11). The maximum Gasteiger partial charge on any atom is 0.261 e. The fourth-order valence-electron chi connectivity index (χ4n) is 0.983. The Hall–Kier alpha value is -1.36.